The summed E-state index contributed by atoms with van der Waals surface area (Å²) >= 11 is 5.88. The normalized spacial score (nSPS) is 10.0. The molecular weight excluding hydrogens is 240 g/mol. The first-order valence-corrected chi connectivity index (χ1v) is 5.58. The van der Waals surface area contributed by atoms with E-state index in [9.17, 15) is 4.79 Å². The quantitative estimate of drug-likeness (QED) is 0.576. The van der Waals surface area contributed by atoms with E-state index < -0.39 is 0 Å². The van der Waals surface area contributed by atoms with Crippen LogP contribution >= 0.6 is 11.6 Å². The molecule has 1 aromatic heterocycles. The third-order valence-electron chi connectivity index (χ3n) is 2.19. The van der Waals surface area contributed by atoms with Crippen molar-refractivity contribution in [3.63, 3.8) is 0 Å². The second-order valence-corrected chi connectivity index (χ2v) is 3.73. The molecule has 0 radical (unpaired) electrons. The lowest BCUT2D eigenvalue weighted by Crippen LogP contribution is -2.34. The average molecular weight is 255 g/mol. The number of carbonyl (C=O) groups is 1. The van der Waals surface area contributed by atoms with Gasteiger partial charge in [0.1, 0.15) is 5.15 Å². The third kappa shape index (κ3) is 3.84. The smallest absolute Gasteiger partial charge is 0.257 e. The summed E-state index contributed by atoms with van der Waals surface area (Å²) in [6, 6.07) is 3.34. The number of nitrogens with zero attached hydrogens (tertiary/aromatic N) is 2. The van der Waals surface area contributed by atoms with Crippen molar-refractivity contribution in [1.29, 1.82) is 0 Å². The summed E-state index contributed by atoms with van der Waals surface area (Å²) in [4.78, 5) is 17.7. The van der Waals surface area contributed by atoms with Gasteiger partial charge in [0.25, 0.3) is 5.91 Å². The minimum Gasteiger partial charge on any atom is -0.383 e. The van der Waals surface area contributed by atoms with Crippen LogP contribution in [0.4, 0.5) is 0 Å². The van der Waals surface area contributed by atoms with Gasteiger partial charge in [0.15, 0.2) is 0 Å². The van der Waals surface area contributed by atoms with E-state index in [1.165, 1.54) is 0 Å². The van der Waals surface area contributed by atoms with Crippen LogP contribution in [0.25, 0.3) is 0 Å². The summed E-state index contributed by atoms with van der Waals surface area (Å²) in [7, 11) is 1.59. The Kier molecular flexibility index (Phi) is 5.66. The van der Waals surface area contributed by atoms with Crippen LogP contribution in [-0.2, 0) is 4.74 Å². The highest BCUT2D eigenvalue weighted by Gasteiger charge is 2.17. The predicted octanol–water partition coefficient (Wildman–Crippen LogP) is 2.01. The summed E-state index contributed by atoms with van der Waals surface area (Å²) in [5, 5.41) is 0.212. The summed E-state index contributed by atoms with van der Waals surface area (Å²) in [6.07, 6.45) is 3.21. The molecule has 4 nitrogen and oxygen atoms in total. The van der Waals surface area contributed by atoms with E-state index >= 15 is 0 Å². The first kappa shape index (κ1) is 13.7. The molecule has 5 heteroatoms. The van der Waals surface area contributed by atoms with Crippen LogP contribution in [0.1, 0.15) is 10.4 Å². The average Bonchev–Trinajstić information content (AvgIpc) is 2.34. The number of amides is 1. The number of hydrogen-bond donors (Lipinski definition) is 0. The Bertz CT molecular complexity index is 396. The maximum Gasteiger partial charge on any atom is 0.257 e. The van der Waals surface area contributed by atoms with E-state index in [4.69, 9.17) is 16.3 Å². The number of rotatable bonds is 6. The molecule has 0 aliphatic carbocycles. The van der Waals surface area contributed by atoms with Crippen molar-refractivity contribution in [2.24, 2.45) is 0 Å². The second kappa shape index (κ2) is 7.04. The minimum absolute atomic E-state index is 0.167. The Balaban J connectivity index is 2.83. The van der Waals surface area contributed by atoms with Gasteiger partial charge in [0.05, 0.1) is 12.2 Å². The molecule has 0 N–H and O–H groups in total. The van der Waals surface area contributed by atoms with Gasteiger partial charge >= 0.3 is 0 Å². The number of methoxy groups -OCH3 is 1. The van der Waals surface area contributed by atoms with E-state index in [2.05, 4.69) is 11.6 Å². The van der Waals surface area contributed by atoms with E-state index in [0.717, 1.165) is 0 Å². The lowest BCUT2D eigenvalue weighted by atomic mass is 10.2. The van der Waals surface area contributed by atoms with Gasteiger partial charge in [0.2, 0.25) is 0 Å². The number of carbonyl (C=O) groups excluding carboxylic acids is 1. The molecule has 0 aliphatic heterocycles. The summed E-state index contributed by atoms with van der Waals surface area (Å²) in [5.74, 6) is -0.167. The van der Waals surface area contributed by atoms with Gasteiger partial charge < -0.3 is 9.64 Å². The van der Waals surface area contributed by atoms with Crippen LogP contribution in [-0.4, -0.2) is 42.6 Å². The zero-order valence-electron chi connectivity index (χ0n) is 9.73. The Morgan fingerprint density at radius 3 is 3.06 bits per heavy atom. The van der Waals surface area contributed by atoms with Crippen LogP contribution in [0, 0.1) is 0 Å². The van der Waals surface area contributed by atoms with Crippen molar-refractivity contribution >= 4 is 17.5 Å². The van der Waals surface area contributed by atoms with Crippen molar-refractivity contribution < 1.29 is 9.53 Å². The van der Waals surface area contributed by atoms with E-state index in [-0.39, 0.29) is 11.1 Å². The lowest BCUT2D eigenvalue weighted by molar-refractivity contribution is 0.0718. The van der Waals surface area contributed by atoms with Crippen molar-refractivity contribution in [2.75, 3.05) is 26.8 Å². The topological polar surface area (TPSA) is 42.4 Å². The molecule has 0 aromatic carbocycles. The van der Waals surface area contributed by atoms with Gasteiger partial charge in [-0.15, -0.1) is 6.58 Å². The summed E-state index contributed by atoms with van der Waals surface area (Å²) < 4.78 is 4.96. The molecule has 0 saturated carbocycles. The van der Waals surface area contributed by atoms with Crippen LogP contribution in [0.2, 0.25) is 5.15 Å². The highest BCUT2D eigenvalue weighted by atomic mass is 35.5. The van der Waals surface area contributed by atoms with Gasteiger partial charge in [-0.2, -0.15) is 0 Å². The minimum atomic E-state index is -0.167. The highest BCUT2D eigenvalue weighted by Crippen LogP contribution is 2.14. The maximum atomic E-state index is 12.2. The van der Waals surface area contributed by atoms with E-state index in [1.807, 2.05) is 0 Å². The fourth-order valence-corrected chi connectivity index (χ4v) is 1.55. The Morgan fingerprint density at radius 1 is 1.71 bits per heavy atom. The predicted molar refractivity (Wildman–Crippen MR) is 67.2 cm³/mol. The standard InChI is InChI=1S/C12H15ClN2O2/c1-3-7-15(8-9-17-2)12(16)10-5-4-6-14-11(10)13/h3-6H,1,7-9H2,2H3. The number of pyridine rings is 1. The van der Waals surface area contributed by atoms with Crippen molar-refractivity contribution in [3.05, 3.63) is 41.7 Å². The van der Waals surface area contributed by atoms with Gasteiger partial charge in [-0.3, -0.25) is 4.79 Å². The molecule has 1 aromatic rings. The van der Waals surface area contributed by atoms with Gasteiger partial charge in [-0.1, -0.05) is 17.7 Å². The van der Waals surface area contributed by atoms with Crippen LogP contribution in [0.5, 0.6) is 0 Å². The molecule has 1 rings (SSSR count). The first-order valence-electron chi connectivity index (χ1n) is 5.20. The number of aromatic nitrogens is 1. The summed E-state index contributed by atoms with van der Waals surface area (Å²) in [6.45, 7) is 5.04. The van der Waals surface area contributed by atoms with E-state index in [1.54, 1.807) is 36.4 Å². The maximum absolute atomic E-state index is 12.2. The molecule has 0 aliphatic rings. The molecule has 0 fully saturated rings. The molecule has 0 spiro atoms. The Labute approximate surface area is 106 Å². The van der Waals surface area contributed by atoms with Crippen molar-refractivity contribution in [2.45, 2.75) is 0 Å². The molecule has 0 atom stereocenters. The van der Waals surface area contributed by atoms with E-state index in [0.29, 0.717) is 25.3 Å². The molecule has 0 bridgehead atoms. The van der Waals surface area contributed by atoms with Crippen LogP contribution < -0.4 is 0 Å². The van der Waals surface area contributed by atoms with Crippen LogP contribution in [0.3, 0.4) is 0 Å². The molecule has 0 unspecified atom stereocenters. The SMILES string of the molecule is C=CCN(CCOC)C(=O)c1cccnc1Cl. The molecule has 17 heavy (non-hydrogen) atoms. The molecular formula is C12H15ClN2O2. The lowest BCUT2D eigenvalue weighted by Gasteiger charge is -2.20. The fraction of sp³-hybridized carbons (Fsp3) is 0.333. The van der Waals surface area contributed by atoms with Crippen molar-refractivity contribution in [3.8, 4) is 0 Å². The number of ether oxygens (including phenoxy) is 1. The monoisotopic (exact) mass is 254 g/mol. The molecule has 1 heterocycles. The van der Waals surface area contributed by atoms with Gasteiger partial charge in [-0.25, -0.2) is 4.98 Å². The zero-order valence-corrected chi connectivity index (χ0v) is 10.5. The molecule has 1 amide bonds. The molecule has 92 valence electrons. The molecule has 0 saturated heterocycles. The third-order valence-corrected chi connectivity index (χ3v) is 2.49. The zero-order chi connectivity index (χ0) is 12.7. The Morgan fingerprint density at radius 2 is 2.47 bits per heavy atom. The number of hydrogen-bond acceptors (Lipinski definition) is 3. The second-order valence-electron chi connectivity index (χ2n) is 3.37. The van der Waals surface area contributed by atoms with Gasteiger partial charge in [0, 0.05) is 26.4 Å². The van der Waals surface area contributed by atoms with Gasteiger partial charge in [-0.05, 0) is 12.1 Å². The number of halogens is 1. The first-order chi connectivity index (χ1) is 8.20. The summed E-state index contributed by atoms with van der Waals surface area (Å²) in [5.41, 5.74) is 0.395. The fourth-order valence-electron chi connectivity index (χ4n) is 1.35. The largest absolute Gasteiger partial charge is 0.383 e. The van der Waals surface area contributed by atoms with Crippen LogP contribution in [0.15, 0.2) is 31.0 Å². The van der Waals surface area contributed by atoms with Crippen molar-refractivity contribution in [1.82, 2.24) is 9.88 Å². The highest BCUT2D eigenvalue weighted by molar-refractivity contribution is 6.32. The Hall–Kier alpha value is -1.39.